The number of hydrogen-bond acceptors (Lipinski definition) is 4. The van der Waals surface area contributed by atoms with E-state index in [0.29, 0.717) is 0 Å². The largest absolute Gasteiger partial charge is 0.440 e. The molecule has 4 aliphatic carbocycles. The summed E-state index contributed by atoms with van der Waals surface area (Å²) in [4.78, 5) is 11.2. The van der Waals surface area contributed by atoms with Gasteiger partial charge in [0, 0.05) is 39.2 Å². The second kappa shape index (κ2) is 11.6. The third kappa shape index (κ3) is 4.78. The highest BCUT2D eigenvalue weighted by Crippen LogP contribution is 2.50. The van der Waals surface area contributed by atoms with Crippen molar-refractivity contribution in [3.63, 3.8) is 0 Å². The van der Waals surface area contributed by atoms with E-state index >= 15 is 0 Å². The van der Waals surface area contributed by atoms with Gasteiger partial charge in [0.15, 0.2) is 0 Å². The maximum Gasteiger partial charge on any atom is 0.265 e. The Labute approximate surface area is 344 Å². The first-order valence-electron chi connectivity index (χ1n) is 22.5. The average Bonchev–Trinajstić information content (AvgIpc) is 3.56. The minimum atomic E-state index is -0.0949. The molecule has 12 rings (SSSR count). The number of aromatic nitrogens is 3. The second-order valence-electron chi connectivity index (χ2n) is 21.5. The smallest absolute Gasteiger partial charge is 0.265 e. The van der Waals surface area contributed by atoms with Crippen molar-refractivity contribution in [3.8, 4) is 28.9 Å². The van der Waals surface area contributed by atoms with Gasteiger partial charge >= 0.3 is 0 Å². The topological polar surface area (TPSA) is 49.2 Å². The van der Waals surface area contributed by atoms with E-state index in [-0.39, 0.29) is 28.4 Å². The second-order valence-corrected chi connectivity index (χ2v) is 21.5. The first-order valence-corrected chi connectivity index (χ1v) is 22.5. The molecule has 3 aromatic carbocycles. The van der Waals surface area contributed by atoms with Crippen molar-refractivity contribution in [2.24, 2.45) is 0 Å². The summed E-state index contributed by atoms with van der Waals surface area (Å²) >= 11 is 0. The Morgan fingerprint density at radius 2 is 0.966 bits per heavy atom. The van der Waals surface area contributed by atoms with Crippen LogP contribution in [0.1, 0.15) is 152 Å². The van der Waals surface area contributed by atoms with Gasteiger partial charge in [0.25, 0.3) is 6.71 Å². The lowest BCUT2D eigenvalue weighted by atomic mass is 9.35. The summed E-state index contributed by atoms with van der Waals surface area (Å²) in [5, 5.41) is 2.73. The lowest BCUT2D eigenvalue weighted by Gasteiger charge is -2.43. The van der Waals surface area contributed by atoms with Gasteiger partial charge in [0.2, 0.25) is 11.8 Å². The highest BCUT2D eigenvalue weighted by molar-refractivity contribution is 6.98. The molecule has 3 aromatic heterocycles. The Morgan fingerprint density at radius 1 is 0.534 bits per heavy atom. The number of nitrogens with zero attached hydrogens (tertiary/aromatic N) is 3. The number of aryl methyl sites for hydroxylation is 4. The molecule has 6 aromatic rings. The third-order valence-electron chi connectivity index (χ3n) is 15.9. The first kappa shape index (κ1) is 35.4. The number of fused-ring (bicyclic) bond motifs is 13. The molecule has 0 saturated heterocycles. The molecule has 0 spiro atoms. The molecule has 6 aliphatic rings. The predicted molar refractivity (Wildman–Crippen MR) is 238 cm³/mol. The molecule has 0 saturated carbocycles. The maximum atomic E-state index is 7.22. The summed E-state index contributed by atoms with van der Waals surface area (Å²) in [6.45, 7) is 18.9. The van der Waals surface area contributed by atoms with E-state index in [1.807, 2.05) is 0 Å². The van der Waals surface area contributed by atoms with Gasteiger partial charge in [-0.15, -0.1) is 0 Å². The minimum absolute atomic E-state index is 0.0166. The first-order chi connectivity index (χ1) is 27.7. The van der Waals surface area contributed by atoms with Gasteiger partial charge in [-0.3, -0.25) is 0 Å². The molecule has 6 heteroatoms. The SMILES string of the molecule is CC1(C)CCC(C)(C)c2nc3c(cc21)B1c2cc4c(nc2Oc2cc(-n5c6c7c(ccc6c6ccc8c(c65)CCCC8)CCCC7)cc(c21)O3)C(C)(C)CCC4(C)C. The van der Waals surface area contributed by atoms with Crippen molar-refractivity contribution in [3.05, 3.63) is 93.3 Å². The fraction of sp³-hybridized carbons (Fsp3) is 0.462. The van der Waals surface area contributed by atoms with E-state index in [1.54, 1.807) is 0 Å². The van der Waals surface area contributed by atoms with Crippen molar-refractivity contribution in [1.82, 2.24) is 14.5 Å². The van der Waals surface area contributed by atoms with E-state index in [2.05, 4.69) is 108 Å². The number of benzene rings is 3. The van der Waals surface area contributed by atoms with Crippen molar-refractivity contribution >= 4 is 44.9 Å². The van der Waals surface area contributed by atoms with Crippen LogP contribution < -0.4 is 25.9 Å². The van der Waals surface area contributed by atoms with E-state index < -0.39 is 0 Å². The van der Waals surface area contributed by atoms with E-state index in [4.69, 9.17) is 19.4 Å². The monoisotopic (exact) mass is 765 g/mol. The summed E-state index contributed by atoms with van der Waals surface area (Å²) in [5.74, 6) is 3.20. The van der Waals surface area contributed by atoms with Gasteiger partial charge in [-0.2, -0.15) is 0 Å². The molecule has 58 heavy (non-hydrogen) atoms. The quantitative estimate of drug-likeness (QED) is 0.156. The highest BCUT2D eigenvalue weighted by atomic mass is 16.5. The molecule has 0 atom stereocenters. The predicted octanol–water partition coefficient (Wildman–Crippen LogP) is 10.8. The summed E-state index contributed by atoms with van der Waals surface area (Å²) < 4.78 is 17.1. The van der Waals surface area contributed by atoms with E-state index in [9.17, 15) is 0 Å². The zero-order chi connectivity index (χ0) is 39.7. The van der Waals surface area contributed by atoms with Crippen molar-refractivity contribution < 1.29 is 9.47 Å². The molecular formula is C52H56BN3O2. The van der Waals surface area contributed by atoms with Gasteiger partial charge in [0.05, 0.1) is 28.1 Å². The Hall–Kier alpha value is -4.58. The molecular weight excluding hydrogens is 709 g/mol. The summed E-state index contributed by atoms with van der Waals surface area (Å²) in [7, 11) is 0. The van der Waals surface area contributed by atoms with Crippen LogP contribution in [0.3, 0.4) is 0 Å². The molecule has 0 bridgehead atoms. The molecule has 0 fully saturated rings. The van der Waals surface area contributed by atoms with E-state index in [1.165, 1.54) is 92.3 Å². The van der Waals surface area contributed by atoms with Crippen LogP contribution in [0, 0.1) is 0 Å². The lowest BCUT2D eigenvalue weighted by molar-refractivity contribution is 0.318. The molecule has 5 heterocycles. The van der Waals surface area contributed by atoms with Crippen molar-refractivity contribution in [1.29, 1.82) is 0 Å². The standard InChI is InChI=1S/C52H56BN3O2/c1-49(2)21-23-51(5,6)45-36(49)27-38-47(54-45)57-40-25-31(26-41-42(40)53(38)39-28-37-46(55-48(39)58-41)52(7,8)24-22-50(37,3)4)56-43-32-15-11-9-13-29(32)17-19-34(43)35-20-18-30-14-10-12-16-33(30)44(35)56/h17-20,25-28H,9-16,21-24H2,1-8H3. The highest BCUT2D eigenvalue weighted by Gasteiger charge is 2.48. The normalized spacial score (nSPS) is 21.1. The zero-order valence-corrected chi connectivity index (χ0v) is 35.8. The molecule has 0 unspecified atom stereocenters. The third-order valence-corrected chi connectivity index (χ3v) is 15.9. The molecule has 294 valence electrons. The van der Waals surface area contributed by atoms with Crippen LogP contribution in [0.4, 0.5) is 0 Å². The minimum Gasteiger partial charge on any atom is -0.440 e. The molecule has 2 aliphatic heterocycles. The Bertz CT molecular complexity index is 2640. The Kier molecular flexibility index (Phi) is 7.06. The Balaban J connectivity index is 1.17. The van der Waals surface area contributed by atoms with Gasteiger partial charge in [0.1, 0.15) is 11.5 Å². The molecule has 5 nitrogen and oxygen atoms in total. The summed E-state index contributed by atoms with van der Waals surface area (Å²) in [5.41, 5.74) is 18.3. The van der Waals surface area contributed by atoms with Crippen LogP contribution in [-0.4, -0.2) is 21.2 Å². The van der Waals surface area contributed by atoms with Gasteiger partial charge in [-0.1, -0.05) is 91.8 Å². The van der Waals surface area contributed by atoms with Gasteiger partial charge < -0.3 is 14.0 Å². The van der Waals surface area contributed by atoms with Crippen molar-refractivity contribution in [2.45, 2.75) is 154 Å². The van der Waals surface area contributed by atoms with Crippen LogP contribution in [0.5, 0.6) is 23.3 Å². The summed E-state index contributed by atoms with van der Waals surface area (Å²) in [6, 6.07) is 19.3. The molecule has 0 N–H and O–H groups in total. The zero-order valence-electron chi connectivity index (χ0n) is 35.8. The fourth-order valence-electron chi connectivity index (χ4n) is 12.2. The molecule has 0 amide bonds. The number of rotatable bonds is 1. The lowest BCUT2D eigenvalue weighted by Crippen LogP contribution is -2.59. The Morgan fingerprint density at radius 3 is 1.43 bits per heavy atom. The van der Waals surface area contributed by atoms with Gasteiger partial charge in [-0.25, -0.2) is 9.97 Å². The number of ether oxygens (including phenoxy) is 2. The van der Waals surface area contributed by atoms with Crippen LogP contribution in [0.15, 0.2) is 48.5 Å². The molecule has 0 radical (unpaired) electrons. The average molecular weight is 766 g/mol. The van der Waals surface area contributed by atoms with Gasteiger partial charge in [-0.05, 0) is 132 Å². The van der Waals surface area contributed by atoms with Crippen LogP contribution >= 0.6 is 0 Å². The van der Waals surface area contributed by atoms with Crippen LogP contribution in [0.25, 0.3) is 27.5 Å². The maximum absolute atomic E-state index is 7.22. The van der Waals surface area contributed by atoms with E-state index in [0.717, 1.165) is 96.7 Å². The van der Waals surface area contributed by atoms with Crippen LogP contribution in [0.2, 0.25) is 0 Å². The fourth-order valence-corrected chi connectivity index (χ4v) is 12.2. The van der Waals surface area contributed by atoms with Crippen molar-refractivity contribution in [2.75, 3.05) is 0 Å². The number of hydrogen-bond donors (Lipinski definition) is 0. The number of pyridine rings is 2. The summed E-state index contributed by atoms with van der Waals surface area (Å²) in [6.07, 6.45) is 14.0. The van der Waals surface area contributed by atoms with Crippen LogP contribution in [-0.2, 0) is 47.3 Å².